The van der Waals surface area contributed by atoms with Crippen molar-refractivity contribution in [2.75, 3.05) is 19.6 Å². The van der Waals surface area contributed by atoms with Gasteiger partial charge < -0.3 is 4.90 Å². The van der Waals surface area contributed by atoms with Crippen molar-refractivity contribution >= 4 is 5.91 Å². The fourth-order valence-electron chi connectivity index (χ4n) is 5.54. The molecular formula is C27H34F2N2O. The molecule has 2 atom stereocenters. The first kappa shape index (κ1) is 22.9. The summed E-state index contributed by atoms with van der Waals surface area (Å²) in [5, 5.41) is 0. The zero-order valence-corrected chi connectivity index (χ0v) is 19.2. The van der Waals surface area contributed by atoms with E-state index in [1.807, 2.05) is 0 Å². The van der Waals surface area contributed by atoms with Crippen LogP contribution in [-0.2, 0) is 11.3 Å². The first-order valence-corrected chi connectivity index (χ1v) is 11.9. The molecule has 1 aliphatic heterocycles. The lowest BCUT2D eigenvalue weighted by atomic mass is 9.87. The van der Waals surface area contributed by atoms with Gasteiger partial charge in [-0.1, -0.05) is 55.2 Å². The number of likely N-dealkylation sites (tertiary alicyclic amines) is 1. The molecule has 1 amide bonds. The van der Waals surface area contributed by atoms with Crippen LogP contribution in [0.4, 0.5) is 8.78 Å². The molecule has 0 N–H and O–H groups in total. The smallest absolute Gasteiger partial charge is 0.219 e. The highest BCUT2D eigenvalue weighted by molar-refractivity contribution is 5.73. The maximum Gasteiger partial charge on any atom is 0.219 e. The molecule has 2 aliphatic rings. The third kappa shape index (κ3) is 5.37. The topological polar surface area (TPSA) is 23.6 Å². The second-order valence-electron chi connectivity index (χ2n) is 9.68. The van der Waals surface area contributed by atoms with E-state index in [0.29, 0.717) is 24.4 Å². The van der Waals surface area contributed by atoms with Crippen LogP contribution in [-0.4, -0.2) is 41.4 Å². The Kier molecular flexibility index (Phi) is 7.24. The van der Waals surface area contributed by atoms with E-state index in [1.165, 1.54) is 42.5 Å². The maximum atomic E-state index is 13.7. The van der Waals surface area contributed by atoms with Gasteiger partial charge in [0, 0.05) is 45.1 Å². The van der Waals surface area contributed by atoms with Gasteiger partial charge in [-0.2, -0.15) is 0 Å². The van der Waals surface area contributed by atoms with Crippen LogP contribution >= 0.6 is 0 Å². The second-order valence-corrected chi connectivity index (χ2v) is 9.68. The number of carbonyl (C=O) groups is 1. The molecule has 2 aromatic carbocycles. The summed E-state index contributed by atoms with van der Waals surface area (Å²) in [5.74, 6) is -0.817. The predicted molar refractivity (Wildman–Crippen MR) is 123 cm³/mol. The summed E-state index contributed by atoms with van der Waals surface area (Å²) in [4.78, 5) is 17.0. The summed E-state index contributed by atoms with van der Waals surface area (Å²) < 4.78 is 27.1. The van der Waals surface area contributed by atoms with E-state index >= 15 is 0 Å². The predicted octanol–water partition coefficient (Wildman–Crippen LogP) is 5.67. The van der Waals surface area contributed by atoms with Crippen molar-refractivity contribution in [1.82, 2.24) is 9.80 Å². The van der Waals surface area contributed by atoms with Gasteiger partial charge in [0.05, 0.1) is 0 Å². The Labute approximate surface area is 190 Å². The fraction of sp³-hybridized carbons (Fsp3) is 0.519. The van der Waals surface area contributed by atoms with Crippen LogP contribution in [0.5, 0.6) is 0 Å². The number of amides is 1. The van der Waals surface area contributed by atoms with E-state index in [9.17, 15) is 13.6 Å². The lowest BCUT2D eigenvalue weighted by molar-refractivity contribution is -0.132. The van der Waals surface area contributed by atoms with Crippen LogP contribution in [0.25, 0.3) is 0 Å². The van der Waals surface area contributed by atoms with Crippen LogP contribution in [0.1, 0.15) is 61.6 Å². The lowest BCUT2D eigenvalue weighted by Crippen LogP contribution is -2.44. The first-order valence-electron chi connectivity index (χ1n) is 11.9. The summed E-state index contributed by atoms with van der Waals surface area (Å²) in [6.45, 7) is 6.82. The number of hydrogen-bond acceptors (Lipinski definition) is 2. The highest BCUT2D eigenvalue weighted by atomic mass is 19.2. The average molecular weight is 441 g/mol. The summed E-state index contributed by atoms with van der Waals surface area (Å²) in [5.41, 5.74) is 3.30. The van der Waals surface area contributed by atoms with E-state index in [1.54, 1.807) is 13.0 Å². The number of rotatable bonds is 6. The van der Waals surface area contributed by atoms with E-state index in [4.69, 9.17) is 0 Å². The van der Waals surface area contributed by atoms with E-state index in [2.05, 4.69) is 41.0 Å². The Balaban J connectivity index is 1.54. The normalized spacial score (nSPS) is 22.2. The van der Waals surface area contributed by atoms with E-state index in [-0.39, 0.29) is 5.91 Å². The minimum atomic E-state index is -0.810. The van der Waals surface area contributed by atoms with Gasteiger partial charge in [0.15, 0.2) is 11.6 Å². The highest BCUT2D eigenvalue weighted by Crippen LogP contribution is 2.36. The summed E-state index contributed by atoms with van der Waals surface area (Å²) in [7, 11) is 0. The Morgan fingerprint density at radius 3 is 2.38 bits per heavy atom. The molecule has 2 aromatic rings. The van der Waals surface area contributed by atoms with Crippen LogP contribution < -0.4 is 0 Å². The average Bonchev–Trinajstić information content (AvgIpc) is 3.17. The van der Waals surface area contributed by atoms with Gasteiger partial charge in [-0.05, 0) is 48.9 Å². The summed E-state index contributed by atoms with van der Waals surface area (Å²) >= 11 is 0. The summed E-state index contributed by atoms with van der Waals surface area (Å²) in [6.07, 6.45) is 5.85. The molecule has 2 fully saturated rings. The van der Waals surface area contributed by atoms with Crippen LogP contribution in [0, 0.1) is 24.5 Å². The van der Waals surface area contributed by atoms with Crippen molar-refractivity contribution < 1.29 is 13.6 Å². The Morgan fingerprint density at radius 2 is 1.72 bits per heavy atom. The molecule has 32 heavy (non-hydrogen) atoms. The molecule has 1 saturated heterocycles. The fourth-order valence-corrected chi connectivity index (χ4v) is 5.54. The van der Waals surface area contributed by atoms with E-state index in [0.717, 1.165) is 38.0 Å². The zero-order valence-electron chi connectivity index (χ0n) is 19.2. The van der Waals surface area contributed by atoms with Crippen molar-refractivity contribution in [2.24, 2.45) is 5.92 Å². The third-order valence-electron chi connectivity index (χ3n) is 7.26. The van der Waals surface area contributed by atoms with Crippen molar-refractivity contribution in [3.8, 4) is 0 Å². The van der Waals surface area contributed by atoms with Gasteiger partial charge in [-0.3, -0.25) is 9.69 Å². The number of benzene rings is 2. The van der Waals surface area contributed by atoms with Gasteiger partial charge in [0.25, 0.3) is 0 Å². The van der Waals surface area contributed by atoms with Gasteiger partial charge >= 0.3 is 0 Å². The molecule has 0 spiro atoms. The molecule has 0 radical (unpaired) electrons. The third-order valence-corrected chi connectivity index (χ3v) is 7.26. The van der Waals surface area contributed by atoms with Gasteiger partial charge in [0.2, 0.25) is 5.91 Å². The summed E-state index contributed by atoms with van der Waals surface area (Å²) in [6, 6.07) is 13.2. The number of hydrogen-bond donors (Lipinski definition) is 0. The van der Waals surface area contributed by atoms with Gasteiger partial charge in [-0.25, -0.2) is 8.78 Å². The molecule has 0 bridgehead atoms. The van der Waals surface area contributed by atoms with Crippen LogP contribution in [0.3, 0.4) is 0 Å². The Morgan fingerprint density at radius 1 is 1.00 bits per heavy atom. The quantitative estimate of drug-likeness (QED) is 0.578. The highest BCUT2D eigenvalue weighted by Gasteiger charge is 2.37. The largest absolute Gasteiger partial charge is 0.340 e. The monoisotopic (exact) mass is 440 g/mol. The molecular weight excluding hydrogens is 406 g/mol. The van der Waals surface area contributed by atoms with Gasteiger partial charge in [-0.15, -0.1) is 0 Å². The van der Waals surface area contributed by atoms with Crippen LogP contribution in [0.2, 0.25) is 0 Å². The molecule has 1 heterocycles. The molecule has 1 saturated carbocycles. The number of carbonyl (C=O) groups excluding carboxylic acids is 1. The molecule has 1 aliphatic carbocycles. The number of nitrogens with zero attached hydrogens (tertiary/aromatic N) is 2. The minimum absolute atomic E-state index is 0.165. The van der Waals surface area contributed by atoms with Crippen molar-refractivity contribution in [3.05, 3.63) is 70.8 Å². The van der Waals surface area contributed by atoms with Crippen molar-refractivity contribution in [3.63, 3.8) is 0 Å². The number of aryl methyl sites for hydroxylation is 1. The van der Waals surface area contributed by atoms with Crippen LogP contribution in [0.15, 0.2) is 42.5 Å². The SMILES string of the molecule is CC(=O)N(C[C@@H]1CN(Cc2ccc(F)c(F)c2)C[C@@H]1c1ccc(C)cc1)C1CCCCC1. The molecule has 172 valence electrons. The zero-order chi connectivity index (χ0) is 22.7. The standard InChI is InChI=1S/C27H34F2N2O/c1-19-8-11-22(12-9-19)25-18-30(15-21-10-13-26(28)27(29)14-21)16-23(25)17-31(20(2)32)24-6-4-3-5-7-24/h8-14,23-25H,3-7,15-18H2,1-2H3/t23-,25+/m0/s1. The van der Waals surface area contributed by atoms with Crippen molar-refractivity contribution in [2.45, 2.75) is 64.5 Å². The molecule has 3 nitrogen and oxygen atoms in total. The molecule has 0 unspecified atom stereocenters. The lowest BCUT2D eigenvalue weighted by Gasteiger charge is -2.36. The van der Waals surface area contributed by atoms with E-state index < -0.39 is 11.6 Å². The Hall–Kier alpha value is -2.27. The van der Waals surface area contributed by atoms with Crippen molar-refractivity contribution in [1.29, 1.82) is 0 Å². The first-order chi connectivity index (χ1) is 15.4. The molecule has 4 rings (SSSR count). The Bertz CT molecular complexity index is 924. The second kappa shape index (κ2) is 10.1. The molecule has 5 heteroatoms. The molecule has 0 aromatic heterocycles. The van der Waals surface area contributed by atoms with Gasteiger partial charge in [0.1, 0.15) is 0 Å². The minimum Gasteiger partial charge on any atom is -0.340 e. The number of halogens is 2. The maximum absolute atomic E-state index is 13.7.